The number of nitrogens with one attached hydrogen (secondary N) is 1. The van der Waals surface area contributed by atoms with Gasteiger partial charge in [0, 0.05) is 5.69 Å². The van der Waals surface area contributed by atoms with Gasteiger partial charge in [0.15, 0.2) is 5.01 Å². The Labute approximate surface area is 173 Å². The maximum atomic E-state index is 12.3. The number of halogens is 2. The number of rotatable bonds is 8. The molecule has 0 aliphatic heterocycles. The van der Waals surface area contributed by atoms with Gasteiger partial charge in [-0.1, -0.05) is 17.4 Å². The van der Waals surface area contributed by atoms with Gasteiger partial charge in [-0.05, 0) is 42.5 Å². The molecular weight excluding hydrogens is 420 g/mol. The fourth-order valence-corrected chi connectivity index (χ4v) is 2.92. The molecule has 0 bridgehead atoms. The number of anilines is 1. The Morgan fingerprint density at radius 2 is 1.87 bits per heavy atom. The van der Waals surface area contributed by atoms with Crippen molar-refractivity contribution in [3.63, 3.8) is 0 Å². The van der Waals surface area contributed by atoms with E-state index in [2.05, 4.69) is 20.3 Å². The van der Waals surface area contributed by atoms with Crippen LogP contribution in [0.4, 0.5) is 14.5 Å². The van der Waals surface area contributed by atoms with E-state index in [9.17, 15) is 18.4 Å². The minimum Gasteiger partial charge on any atom is -0.497 e. The van der Waals surface area contributed by atoms with Crippen LogP contribution in [-0.4, -0.2) is 35.8 Å². The second kappa shape index (κ2) is 9.74. The lowest BCUT2D eigenvalue weighted by Crippen LogP contribution is -2.11. The third kappa shape index (κ3) is 5.70. The van der Waals surface area contributed by atoms with Crippen LogP contribution in [0.3, 0.4) is 0 Å². The number of nitrogens with zero attached hydrogens (tertiary/aromatic N) is 2. The first-order valence-electron chi connectivity index (χ1n) is 8.44. The molecule has 0 atom stereocenters. The summed E-state index contributed by atoms with van der Waals surface area (Å²) in [5.74, 6) is -0.728. The van der Waals surface area contributed by atoms with Crippen LogP contribution in [0.5, 0.6) is 11.5 Å². The summed E-state index contributed by atoms with van der Waals surface area (Å²) in [6, 6.07) is 12.0. The molecule has 0 unspecified atom stereocenters. The SMILES string of the molecule is COc1ccc(NC(=O)c2nnc(COC(=O)c3cccc(OC(F)F)c3)s2)cc1. The minimum absolute atomic E-state index is 0.0372. The summed E-state index contributed by atoms with van der Waals surface area (Å²) in [6.45, 7) is -3.23. The molecule has 156 valence electrons. The number of ether oxygens (including phenoxy) is 3. The highest BCUT2D eigenvalue weighted by molar-refractivity contribution is 7.13. The Morgan fingerprint density at radius 3 is 2.57 bits per heavy atom. The Kier molecular flexibility index (Phi) is 6.86. The summed E-state index contributed by atoms with van der Waals surface area (Å²) < 4.78 is 38.9. The van der Waals surface area contributed by atoms with Crippen LogP contribution in [0.2, 0.25) is 0 Å². The van der Waals surface area contributed by atoms with E-state index in [1.54, 1.807) is 24.3 Å². The van der Waals surface area contributed by atoms with Crippen molar-refractivity contribution < 1.29 is 32.6 Å². The number of benzene rings is 2. The highest BCUT2D eigenvalue weighted by Gasteiger charge is 2.16. The predicted molar refractivity (Wildman–Crippen MR) is 103 cm³/mol. The molecule has 2 aromatic carbocycles. The Morgan fingerprint density at radius 1 is 1.10 bits per heavy atom. The average molecular weight is 435 g/mol. The molecule has 3 aromatic rings. The molecule has 1 heterocycles. The van der Waals surface area contributed by atoms with Crippen LogP contribution in [0, 0.1) is 0 Å². The normalized spacial score (nSPS) is 10.5. The molecule has 1 aromatic heterocycles. The molecule has 0 aliphatic carbocycles. The first-order chi connectivity index (χ1) is 14.4. The molecule has 11 heteroatoms. The topological polar surface area (TPSA) is 99.6 Å². The van der Waals surface area contributed by atoms with Crippen LogP contribution in [0.1, 0.15) is 25.2 Å². The summed E-state index contributed by atoms with van der Waals surface area (Å²) in [6.07, 6.45) is 0. The van der Waals surface area contributed by atoms with Crippen LogP contribution in [0.15, 0.2) is 48.5 Å². The molecule has 0 fully saturated rings. The van der Waals surface area contributed by atoms with Crippen molar-refractivity contribution in [2.45, 2.75) is 13.2 Å². The van der Waals surface area contributed by atoms with Crippen molar-refractivity contribution in [3.05, 3.63) is 64.1 Å². The van der Waals surface area contributed by atoms with E-state index in [0.29, 0.717) is 16.4 Å². The molecule has 8 nitrogen and oxygen atoms in total. The number of alkyl halides is 2. The predicted octanol–water partition coefficient (Wildman–Crippen LogP) is 3.76. The van der Waals surface area contributed by atoms with Crippen molar-refractivity contribution in [2.24, 2.45) is 0 Å². The van der Waals surface area contributed by atoms with Crippen LogP contribution >= 0.6 is 11.3 Å². The van der Waals surface area contributed by atoms with Crippen LogP contribution in [-0.2, 0) is 11.3 Å². The summed E-state index contributed by atoms with van der Waals surface area (Å²) in [7, 11) is 1.54. The van der Waals surface area contributed by atoms with Gasteiger partial charge in [-0.2, -0.15) is 8.78 Å². The van der Waals surface area contributed by atoms with Crippen molar-refractivity contribution in [2.75, 3.05) is 12.4 Å². The standard InChI is InChI=1S/C19H15F2N3O5S/c1-27-13-7-5-12(6-8-13)22-16(25)17-24-23-15(30-17)10-28-18(26)11-3-2-4-14(9-11)29-19(20)21/h2-9,19H,10H2,1H3,(H,22,25). The molecule has 30 heavy (non-hydrogen) atoms. The van der Waals surface area contributed by atoms with E-state index in [4.69, 9.17) is 9.47 Å². The van der Waals surface area contributed by atoms with E-state index in [0.717, 1.165) is 17.4 Å². The van der Waals surface area contributed by atoms with Crippen molar-refractivity contribution in [1.29, 1.82) is 0 Å². The first kappa shape index (κ1) is 21.1. The first-order valence-corrected chi connectivity index (χ1v) is 9.26. The fraction of sp³-hybridized carbons (Fsp3) is 0.158. The maximum Gasteiger partial charge on any atom is 0.387 e. The number of carbonyl (C=O) groups is 2. The van der Waals surface area contributed by atoms with E-state index >= 15 is 0 Å². The molecule has 0 spiro atoms. The Hall–Kier alpha value is -3.60. The number of carbonyl (C=O) groups excluding carboxylic acids is 2. The fourth-order valence-electron chi connectivity index (χ4n) is 2.27. The zero-order valence-corrected chi connectivity index (χ0v) is 16.3. The molecule has 1 amide bonds. The highest BCUT2D eigenvalue weighted by Crippen LogP contribution is 2.19. The molecule has 0 saturated heterocycles. The molecule has 1 N–H and O–H groups in total. The number of amides is 1. The van der Waals surface area contributed by atoms with Crippen LogP contribution < -0.4 is 14.8 Å². The third-order valence-corrected chi connectivity index (χ3v) is 4.53. The van der Waals surface area contributed by atoms with Crippen molar-refractivity contribution >= 4 is 28.9 Å². The highest BCUT2D eigenvalue weighted by atomic mass is 32.1. The molecule has 0 radical (unpaired) electrons. The molecule has 3 rings (SSSR count). The number of esters is 1. The van der Waals surface area contributed by atoms with E-state index in [-0.39, 0.29) is 22.9 Å². The number of aromatic nitrogens is 2. The number of methoxy groups -OCH3 is 1. The molecule has 0 saturated carbocycles. The zero-order valence-electron chi connectivity index (χ0n) is 15.5. The summed E-state index contributed by atoms with van der Waals surface area (Å²) in [5, 5.41) is 10.6. The van der Waals surface area contributed by atoms with E-state index < -0.39 is 18.5 Å². The van der Waals surface area contributed by atoms with E-state index in [1.165, 1.54) is 25.3 Å². The average Bonchev–Trinajstić information content (AvgIpc) is 3.21. The number of hydrogen-bond donors (Lipinski definition) is 1. The van der Waals surface area contributed by atoms with Gasteiger partial charge in [0.05, 0.1) is 12.7 Å². The largest absolute Gasteiger partial charge is 0.497 e. The second-order valence-corrected chi connectivity index (χ2v) is 6.73. The molecule has 0 aliphatic rings. The summed E-state index contributed by atoms with van der Waals surface area (Å²) in [5.41, 5.74) is 0.588. The van der Waals surface area contributed by atoms with E-state index in [1.807, 2.05) is 0 Å². The van der Waals surface area contributed by atoms with Gasteiger partial charge in [-0.25, -0.2) is 4.79 Å². The maximum absolute atomic E-state index is 12.3. The number of hydrogen-bond acceptors (Lipinski definition) is 8. The van der Waals surface area contributed by atoms with Gasteiger partial charge in [0.2, 0.25) is 5.01 Å². The zero-order chi connectivity index (χ0) is 21.5. The lowest BCUT2D eigenvalue weighted by Gasteiger charge is -2.06. The lowest BCUT2D eigenvalue weighted by molar-refractivity contribution is -0.0499. The third-order valence-electron chi connectivity index (χ3n) is 3.63. The van der Waals surface area contributed by atoms with Crippen molar-refractivity contribution in [1.82, 2.24) is 10.2 Å². The van der Waals surface area contributed by atoms with Gasteiger partial charge in [0.1, 0.15) is 18.1 Å². The van der Waals surface area contributed by atoms with Gasteiger partial charge in [-0.15, -0.1) is 10.2 Å². The minimum atomic E-state index is -3.00. The summed E-state index contributed by atoms with van der Waals surface area (Å²) in [4.78, 5) is 24.3. The summed E-state index contributed by atoms with van der Waals surface area (Å²) >= 11 is 0.957. The van der Waals surface area contributed by atoms with Gasteiger partial charge in [0.25, 0.3) is 5.91 Å². The monoisotopic (exact) mass is 435 g/mol. The smallest absolute Gasteiger partial charge is 0.387 e. The lowest BCUT2D eigenvalue weighted by atomic mass is 10.2. The quantitative estimate of drug-likeness (QED) is 0.538. The van der Waals surface area contributed by atoms with Gasteiger partial charge in [-0.3, -0.25) is 4.79 Å². The van der Waals surface area contributed by atoms with Gasteiger partial charge < -0.3 is 19.5 Å². The van der Waals surface area contributed by atoms with Crippen molar-refractivity contribution in [3.8, 4) is 11.5 Å². The van der Waals surface area contributed by atoms with Gasteiger partial charge >= 0.3 is 12.6 Å². The Bertz CT molecular complexity index is 1030. The molecular formula is C19H15F2N3O5S. The van der Waals surface area contributed by atoms with Crippen LogP contribution in [0.25, 0.3) is 0 Å². The Balaban J connectivity index is 1.56. The second-order valence-electron chi connectivity index (χ2n) is 5.67.